The first-order chi connectivity index (χ1) is 12.7. The smallest absolute Gasteiger partial charge is 0.255 e. The zero-order valence-corrected chi connectivity index (χ0v) is 15.2. The Kier molecular flexibility index (Phi) is 4.76. The molecule has 4 heteroatoms. The molecule has 1 atom stereocenters. The van der Waals surface area contributed by atoms with Crippen LogP contribution in [0.25, 0.3) is 10.8 Å². The Morgan fingerprint density at radius 3 is 2.85 bits per heavy atom. The number of hydrogen-bond acceptors (Lipinski definition) is 3. The molecule has 0 amide bonds. The predicted molar refractivity (Wildman–Crippen MR) is 108 cm³/mol. The number of anilines is 1. The van der Waals surface area contributed by atoms with E-state index in [-0.39, 0.29) is 5.56 Å². The summed E-state index contributed by atoms with van der Waals surface area (Å²) < 4.78 is 0. The van der Waals surface area contributed by atoms with Gasteiger partial charge in [-0.15, -0.1) is 0 Å². The van der Waals surface area contributed by atoms with Crippen LogP contribution >= 0.6 is 0 Å². The number of rotatable bonds is 4. The van der Waals surface area contributed by atoms with Crippen LogP contribution in [0.4, 0.5) is 5.69 Å². The number of aromatic nitrogens is 1. The van der Waals surface area contributed by atoms with Gasteiger partial charge in [0.05, 0.1) is 0 Å². The lowest BCUT2D eigenvalue weighted by Gasteiger charge is -2.33. The summed E-state index contributed by atoms with van der Waals surface area (Å²) in [5.74, 6) is 0. The van der Waals surface area contributed by atoms with Gasteiger partial charge in [-0.1, -0.05) is 29.8 Å². The number of H-pyrrole nitrogens is 1. The van der Waals surface area contributed by atoms with Gasteiger partial charge in [-0.25, -0.2) is 0 Å². The molecule has 1 aromatic heterocycles. The summed E-state index contributed by atoms with van der Waals surface area (Å²) in [5.41, 5.74) is 3.74. The standard InChI is InChI=1S/C22H25N3O/c1-16-4-6-17(7-5-16)14-25-12-2-3-20(15-25)24-19-8-9-21-18(13-19)10-11-23-22(21)26/h4-11,13,20,24H,2-3,12,14-15H2,1H3,(H,23,26)/t20-/m1/s1. The van der Waals surface area contributed by atoms with Gasteiger partial charge in [-0.05, 0) is 61.5 Å². The summed E-state index contributed by atoms with van der Waals surface area (Å²) in [6.45, 7) is 5.33. The van der Waals surface area contributed by atoms with Crippen molar-refractivity contribution in [3.63, 3.8) is 0 Å². The first-order valence-corrected chi connectivity index (χ1v) is 9.33. The molecular weight excluding hydrogens is 322 g/mol. The molecule has 1 saturated heterocycles. The maximum absolute atomic E-state index is 11.8. The van der Waals surface area contributed by atoms with E-state index in [2.05, 4.69) is 52.5 Å². The SMILES string of the molecule is Cc1ccc(CN2CCC[C@@H](Nc3ccc4c(=O)[nH]ccc4c3)C2)cc1. The van der Waals surface area contributed by atoms with Crippen molar-refractivity contribution in [3.8, 4) is 0 Å². The van der Waals surface area contributed by atoms with Crippen molar-refractivity contribution in [3.05, 3.63) is 76.2 Å². The third-order valence-corrected chi connectivity index (χ3v) is 5.18. The van der Waals surface area contributed by atoms with E-state index in [9.17, 15) is 4.79 Å². The molecule has 0 unspecified atom stereocenters. The first-order valence-electron chi connectivity index (χ1n) is 9.33. The maximum Gasteiger partial charge on any atom is 0.255 e. The average Bonchev–Trinajstić information content (AvgIpc) is 2.64. The van der Waals surface area contributed by atoms with E-state index in [0.29, 0.717) is 6.04 Å². The number of likely N-dealkylation sites (tertiary alicyclic amines) is 1. The number of nitrogens with zero attached hydrogens (tertiary/aromatic N) is 1. The molecule has 0 bridgehead atoms. The molecule has 1 fully saturated rings. The van der Waals surface area contributed by atoms with Crippen LogP contribution in [-0.2, 0) is 6.54 Å². The molecule has 4 rings (SSSR count). The largest absolute Gasteiger partial charge is 0.381 e. The van der Waals surface area contributed by atoms with Gasteiger partial charge in [-0.2, -0.15) is 0 Å². The number of piperidine rings is 1. The van der Waals surface area contributed by atoms with Gasteiger partial charge in [0.1, 0.15) is 0 Å². The van der Waals surface area contributed by atoms with Crippen LogP contribution < -0.4 is 10.9 Å². The van der Waals surface area contributed by atoms with Crippen LogP contribution in [0.5, 0.6) is 0 Å². The quantitative estimate of drug-likeness (QED) is 0.752. The van der Waals surface area contributed by atoms with Crippen LogP contribution in [0.3, 0.4) is 0 Å². The average molecular weight is 347 g/mol. The number of benzene rings is 2. The minimum atomic E-state index is -0.0315. The van der Waals surface area contributed by atoms with Crippen molar-refractivity contribution in [1.82, 2.24) is 9.88 Å². The fraction of sp³-hybridized carbons (Fsp3) is 0.318. The molecule has 0 spiro atoms. The number of aryl methyl sites for hydroxylation is 1. The molecule has 2 aromatic carbocycles. The summed E-state index contributed by atoms with van der Waals surface area (Å²) >= 11 is 0. The molecule has 1 aliphatic rings. The molecule has 2 heterocycles. The topological polar surface area (TPSA) is 48.1 Å². The predicted octanol–water partition coefficient (Wildman–Crippen LogP) is 3.91. The maximum atomic E-state index is 11.8. The monoisotopic (exact) mass is 347 g/mol. The van der Waals surface area contributed by atoms with Gasteiger partial charge in [0.2, 0.25) is 0 Å². The van der Waals surface area contributed by atoms with Gasteiger partial charge in [0.25, 0.3) is 5.56 Å². The zero-order chi connectivity index (χ0) is 17.9. The van der Waals surface area contributed by atoms with Crippen molar-refractivity contribution in [2.75, 3.05) is 18.4 Å². The van der Waals surface area contributed by atoms with Crippen molar-refractivity contribution < 1.29 is 0 Å². The molecule has 2 N–H and O–H groups in total. The van der Waals surface area contributed by atoms with E-state index in [1.807, 2.05) is 18.2 Å². The lowest BCUT2D eigenvalue weighted by atomic mass is 10.0. The van der Waals surface area contributed by atoms with Gasteiger partial charge >= 0.3 is 0 Å². The lowest BCUT2D eigenvalue weighted by molar-refractivity contribution is 0.208. The second-order valence-electron chi connectivity index (χ2n) is 7.31. The molecule has 0 saturated carbocycles. The molecule has 0 radical (unpaired) electrons. The van der Waals surface area contributed by atoms with E-state index in [1.165, 1.54) is 24.0 Å². The normalized spacial score (nSPS) is 18.1. The molecular formula is C22H25N3O. The third-order valence-electron chi connectivity index (χ3n) is 5.18. The summed E-state index contributed by atoms with van der Waals surface area (Å²) in [5, 5.41) is 5.38. The number of fused-ring (bicyclic) bond motifs is 1. The first kappa shape index (κ1) is 16.9. The van der Waals surface area contributed by atoms with E-state index in [1.54, 1.807) is 6.20 Å². The second-order valence-corrected chi connectivity index (χ2v) is 7.31. The van der Waals surface area contributed by atoms with Crippen LogP contribution in [0.1, 0.15) is 24.0 Å². The Labute approximate surface area is 153 Å². The summed E-state index contributed by atoms with van der Waals surface area (Å²) in [7, 11) is 0. The van der Waals surface area contributed by atoms with Crippen molar-refractivity contribution in [2.45, 2.75) is 32.4 Å². The Bertz CT molecular complexity index is 946. The highest BCUT2D eigenvalue weighted by Crippen LogP contribution is 2.21. The minimum Gasteiger partial charge on any atom is -0.381 e. The summed E-state index contributed by atoms with van der Waals surface area (Å²) in [6, 6.07) is 17.2. The highest BCUT2D eigenvalue weighted by molar-refractivity contribution is 5.84. The molecule has 0 aliphatic carbocycles. The number of nitrogens with one attached hydrogen (secondary N) is 2. The third kappa shape index (κ3) is 3.81. The second kappa shape index (κ2) is 7.34. The number of aromatic amines is 1. The Morgan fingerprint density at radius 1 is 1.15 bits per heavy atom. The molecule has 26 heavy (non-hydrogen) atoms. The lowest BCUT2D eigenvalue weighted by Crippen LogP contribution is -2.41. The highest BCUT2D eigenvalue weighted by atomic mass is 16.1. The molecule has 1 aliphatic heterocycles. The van der Waals surface area contributed by atoms with Crippen LogP contribution in [-0.4, -0.2) is 29.0 Å². The van der Waals surface area contributed by atoms with Crippen LogP contribution in [0, 0.1) is 6.92 Å². The number of hydrogen-bond donors (Lipinski definition) is 2. The molecule has 134 valence electrons. The van der Waals surface area contributed by atoms with E-state index < -0.39 is 0 Å². The zero-order valence-electron chi connectivity index (χ0n) is 15.2. The van der Waals surface area contributed by atoms with E-state index >= 15 is 0 Å². The van der Waals surface area contributed by atoms with E-state index in [4.69, 9.17) is 0 Å². The Hall–Kier alpha value is -2.59. The van der Waals surface area contributed by atoms with Crippen LogP contribution in [0.15, 0.2) is 59.5 Å². The van der Waals surface area contributed by atoms with Gasteiger partial charge < -0.3 is 10.3 Å². The number of pyridine rings is 1. The van der Waals surface area contributed by atoms with Gasteiger partial charge in [0, 0.05) is 36.4 Å². The van der Waals surface area contributed by atoms with Crippen molar-refractivity contribution in [2.24, 2.45) is 0 Å². The summed E-state index contributed by atoms with van der Waals surface area (Å²) in [4.78, 5) is 17.1. The highest BCUT2D eigenvalue weighted by Gasteiger charge is 2.20. The summed E-state index contributed by atoms with van der Waals surface area (Å²) in [6.07, 6.45) is 4.09. The van der Waals surface area contributed by atoms with E-state index in [0.717, 1.165) is 36.1 Å². The Morgan fingerprint density at radius 2 is 2.00 bits per heavy atom. The fourth-order valence-electron chi connectivity index (χ4n) is 3.79. The molecule has 4 nitrogen and oxygen atoms in total. The minimum absolute atomic E-state index is 0.0315. The fourth-order valence-corrected chi connectivity index (χ4v) is 3.79. The van der Waals surface area contributed by atoms with Crippen LogP contribution in [0.2, 0.25) is 0 Å². The van der Waals surface area contributed by atoms with Crippen molar-refractivity contribution >= 4 is 16.5 Å². The Balaban J connectivity index is 1.43. The van der Waals surface area contributed by atoms with Crippen molar-refractivity contribution in [1.29, 1.82) is 0 Å². The van der Waals surface area contributed by atoms with Gasteiger partial charge in [-0.3, -0.25) is 9.69 Å². The van der Waals surface area contributed by atoms with Gasteiger partial charge in [0.15, 0.2) is 0 Å². The molecule has 3 aromatic rings.